The van der Waals surface area contributed by atoms with Crippen molar-refractivity contribution >= 4 is 69.9 Å². The molecular formula is C41H40Cl4O7. The van der Waals surface area contributed by atoms with E-state index in [9.17, 15) is 19.2 Å². The zero-order valence-corrected chi connectivity index (χ0v) is 33.4. The van der Waals surface area contributed by atoms with E-state index in [1.165, 1.54) is 39.2 Å². The lowest BCUT2D eigenvalue weighted by Gasteiger charge is -2.44. The number of rotatable bonds is 12. The van der Waals surface area contributed by atoms with Crippen molar-refractivity contribution in [2.45, 2.75) is 77.9 Å². The zero-order chi connectivity index (χ0) is 38.9. The summed E-state index contributed by atoms with van der Waals surface area (Å²) in [6.45, 7) is 13.5. The number of hydrogen-bond acceptors (Lipinski definition) is 7. The number of methoxy groups -OCH3 is 1. The highest BCUT2D eigenvalue weighted by Gasteiger charge is 2.49. The monoisotopic (exact) mass is 784 g/mol. The van der Waals surface area contributed by atoms with Gasteiger partial charge in [0.15, 0.2) is 17.3 Å². The topological polar surface area (TPSA) is 96.0 Å². The molecule has 11 heteroatoms. The van der Waals surface area contributed by atoms with Crippen LogP contribution >= 0.6 is 46.4 Å². The van der Waals surface area contributed by atoms with Crippen molar-refractivity contribution in [1.82, 2.24) is 0 Å². The van der Waals surface area contributed by atoms with Gasteiger partial charge in [0.25, 0.3) is 0 Å². The van der Waals surface area contributed by atoms with E-state index < -0.39 is 34.5 Å². The van der Waals surface area contributed by atoms with Crippen molar-refractivity contribution in [3.05, 3.63) is 132 Å². The predicted octanol–water partition coefficient (Wildman–Crippen LogP) is 11.4. The van der Waals surface area contributed by atoms with E-state index in [2.05, 4.69) is 0 Å². The quantitative estimate of drug-likeness (QED) is 0.104. The molecule has 0 bridgehead atoms. The lowest BCUT2D eigenvalue weighted by molar-refractivity contribution is -0.0775. The van der Waals surface area contributed by atoms with Gasteiger partial charge in [-0.05, 0) is 101 Å². The van der Waals surface area contributed by atoms with Crippen molar-refractivity contribution < 1.29 is 33.4 Å². The summed E-state index contributed by atoms with van der Waals surface area (Å²) < 4.78 is 17.7. The molecule has 0 aliphatic rings. The van der Waals surface area contributed by atoms with E-state index >= 15 is 0 Å². The minimum absolute atomic E-state index is 0.146. The van der Waals surface area contributed by atoms with Crippen LogP contribution in [0.15, 0.2) is 72.8 Å². The molecule has 52 heavy (non-hydrogen) atoms. The number of carbonyl (C=O) groups is 4. The van der Waals surface area contributed by atoms with Crippen LogP contribution in [-0.2, 0) is 14.9 Å². The minimum atomic E-state index is -1.42. The van der Waals surface area contributed by atoms with Gasteiger partial charge in [0, 0.05) is 32.2 Å². The molecule has 0 aliphatic heterocycles. The molecule has 0 radical (unpaired) electrons. The first-order valence-electron chi connectivity index (χ1n) is 16.3. The number of ether oxygens (including phenoxy) is 3. The molecule has 4 aromatic rings. The molecule has 0 saturated carbocycles. The van der Waals surface area contributed by atoms with Gasteiger partial charge in [0.05, 0.1) is 34.2 Å². The Hall–Kier alpha value is -3.88. The molecule has 0 amide bonds. The third-order valence-electron chi connectivity index (χ3n) is 9.15. The Morgan fingerprint density at radius 3 is 1.40 bits per heavy atom. The van der Waals surface area contributed by atoms with Crippen molar-refractivity contribution in [3.8, 4) is 5.75 Å². The molecule has 0 fully saturated rings. The minimum Gasteiger partial charge on any atom is -0.494 e. The summed E-state index contributed by atoms with van der Waals surface area (Å²) in [6.07, 6.45) is 0. The summed E-state index contributed by atoms with van der Waals surface area (Å²) in [4.78, 5) is 51.2. The van der Waals surface area contributed by atoms with Crippen molar-refractivity contribution in [1.29, 1.82) is 0 Å². The van der Waals surface area contributed by atoms with E-state index in [1.54, 1.807) is 82.3 Å². The second kappa shape index (κ2) is 15.6. The summed E-state index contributed by atoms with van der Waals surface area (Å²) in [5, 5.41) is 1.13. The van der Waals surface area contributed by atoms with Crippen LogP contribution < -0.4 is 4.74 Å². The molecule has 1 unspecified atom stereocenters. The fraction of sp³-hybridized carbons (Fsp3) is 0.317. The summed E-state index contributed by atoms with van der Waals surface area (Å²) >= 11 is 27.3. The van der Waals surface area contributed by atoms with Gasteiger partial charge in [0.2, 0.25) is 0 Å². The van der Waals surface area contributed by atoms with Crippen molar-refractivity contribution in [3.63, 3.8) is 0 Å². The number of Topliss-reactive ketones (excluding diaryl/α,β-unsaturated/α-hetero) is 2. The second-order valence-corrected chi connectivity index (χ2v) is 15.8. The molecule has 0 aromatic heterocycles. The first-order valence-corrected chi connectivity index (χ1v) is 17.8. The van der Waals surface area contributed by atoms with Crippen LogP contribution in [0.25, 0.3) is 0 Å². The lowest BCUT2D eigenvalue weighted by atomic mass is 9.72. The average Bonchev–Trinajstić information content (AvgIpc) is 3.05. The fourth-order valence-corrected chi connectivity index (χ4v) is 7.80. The number of benzene rings is 4. The highest BCUT2D eigenvalue weighted by Crippen LogP contribution is 2.50. The second-order valence-electron chi connectivity index (χ2n) is 14.1. The molecule has 4 aromatic carbocycles. The summed E-state index contributed by atoms with van der Waals surface area (Å²) in [5.41, 5.74) is -0.536. The molecule has 1 atom stereocenters. The zero-order valence-electron chi connectivity index (χ0n) is 30.4. The molecule has 0 aliphatic carbocycles. The van der Waals surface area contributed by atoms with Gasteiger partial charge in [-0.25, -0.2) is 9.59 Å². The largest absolute Gasteiger partial charge is 0.494 e. The Balaban J connectivity index is 1.84. The summed E-state index contributed by atoms with van der Waals surface area (Å²) in [6, 6.07) is 19.3. The van der Waals surface area contributed by atoms with Crippen LogP contribution in [0.3, 0.4) is 0 Å². The van der Waals surface area contributed by atoms with E-state index in [4.69, 9.17) is 60.6 Å². The Labute approximate surface area is 324 Å². The third kappa shape index (κ3) is 8.66. The SMILES string of the molecule is COc1c(Cl)cc(C(C)(C)c2cc(Cl)c(C(C(C)(C)OC(=O)c3ccc(C(C)=O)cc3)C(C)(C)OC(=O)c3cccc(C(C)=O)c3)c(Cl)c2)cc1Cl. The number of halogens is 4. The molecule has 0 heterocycles. The molecular weight excluding hydrogens is 746 g/mol. The van der Waals surface area contributed by atoms with Crippen LogP contribution in [0, 0.1) is 0 Å². The molecule has 4 rings (SSSR count). The number of hydrogen-bond donors (Lipinski definition) is 0. The highest BCUT2D eigenvalue weighted by molar-refractivity contribution is 6.37. The Morgan fingerprint density at radius 1 is 0.558 bits per heavy atom. The molecule has 7 nitrogen and oxygen atoms in total. The third-order valence-corrected chi connectivity index (χ3v) is 10.3. The first kappa shape index (κ1) is 40.9. The standard InChI is InChI=1S/C41H40Cl4O7/c1-22(46)24-13-15-25(16-14-24)37(48)51-40(5,6)36(41(7,8)52-38(49)27-12-10-11-26(17-27)23(2)47)34-30(42)18-28(19-31(34)43)39(3,4)29-20-32(44)35(50-9)33(45)21-29/h10-21,36H,1-9H3. The van der Waals surface area contributed by atoms with E-state index in [0.717, 1.165) is 11.1 Å². The Kier molecular flexibility index (Phi) is 12.3. The van der Waals surface area contributed by atoms with Gasteiger partial charge in [-0.15, -0.1) is 0 Å². The van der Waals surface area contributed by atoms with Crippen LogP contribution in [-0.4, -0.2) is 41.8 Å². The first-order chi connectivity index (χ1) is 24.1. The van der Waals surface area contributed by atoms with Gasteiger partial charge in [-0.3, -0.25) is 9.59 Å². The lowest BCUT2D eigenvalue weighted by Crippen LogP contribution is -2.48. The van der Waals surface area contributed by atoms with Gasteiger partial charge >= 0.3 is 11.9 Å². The Morgan fingerprint density at radius 2 is 0.962 bits per heavy atom. The normalized spacial score (nSPS) is 12.6. The van der Waals surface area contributed by atoms with Gasteiger partial charge in [0.1, 0.15) is 11.2 Å². The predicted molar refractivity (Wildman–Crippen MR) is 206 cm³/mol. The maximum atomic E-state index is 13.7. The number of ketones is 2. The van der Waals surface area contributed by atoms with E-state index in [1.807, 2.05) is 13.8 Å². The smallest absolute Gasteiger partial charge is 0.338 e. The van der Waals surface area contributed by atoms with Crippen LogP contribution in [0.4, 0.5) is 0 Å². The van der Waals surface area contributed by atoms with Gasteiger partial charge in [-0.2, -0.15) is 0 Å². The fourth-order valence-electron chi connectivity index (χ4n) is 6.46. The van der Waals surface area contributed by atoms with Crippen LogP contribution in [0.1, 0.15) is 119 Å². The highest BCUT2D eigenvalue weighted by atomic mass is 35.5. The van der Waals surface area contributed by atoms with Gasteiger partial charge in [-0.1, -0.05) is 84.5 Å². The molecule has 0 saturated heterocycles. The van der Waals surface area contributed by atoms with Crippen LogP contribution in [0.2, 0.25) is 20.1 Å². The van der Waals surface area contributed by atoms with Gasteiger partial charge < -0.3 is 14.2 Å². The average molecular weight is 787 g/mol. The molecule has 274 valence electrons. The summed E-state index contributed by atoms with van der Waals surface area (Å²) in [5.74, 6) is -2.35. The maximum Gasteiger partial charge on any atom is 0.338 e. The van der Waals surface area contributed by atoms with E-state index in [-0.39, 0.29) is 32.7 Å². The van der Waals surface area contributed by atoms with Crippen LogP contribution in [0.5, 0.6) is 5.75 Å². The van der Waals surface area contributed by atoms with E-state index in [0.29, 0.717) is 32.5 Å². The molecule has 0 N–H and O–H groups in total. The number of carbonyl (C=O) groups excluding carboxylic acids is 4. The molecule has 0 spiro atoms. The van der Waals surface area contributed by atoms with Crippen molar-refractivity contribution in [2.24, 2.45) is 0 Å². The van der Waals surface area contributed by atoms with Crippen molar-refractivity contribution in [2.75, 3.05) is 7.11 Å². The maximum absolute atomic E-state index is 13.7. The summed E-state index contributed by atoms with van der Waals surface area (Å²) in [7, 11) is 1.48. The Bertz CT molecular complexity index is 2000. The number of esters is 2.